The van der Waals surface area contributed by atoms with Crippen LogP contribution >= 0.6 is 15.9 Å². The lowest BCUT2D eigenvalue weighted by atomic mass is 10.1. The predicted molar refractivity (Wildman–Crippen MR) is 94.4 cm³/mol. The van der Waals surface area contributed by atoms with Gasteiger partial charge >= 0.3 is 0 Å². The molecule has 122 valence electrons. The molecule has 0 spiro atoms. The van der Waals surface area contributed by atoms with Crippen LogP contribution in [0.25, 0.3) is 0 Å². The Morgan fingerprint density at radius 2 is 1.74 bits per heavy atom. The second-order valence-corrected chi connectivity index (χ2v) is 7.74. The Morgan fingerprint density at radius 1 is 1.13 bits per heavy atom. The van der Waals surface area contributed by atoms with Crippen molar-refractivity contribution in [1.29, 1.82) is 0 Å². The largest absolute Gasteiger partial charge is 0.507 e. The molecule has 0 amide bonds. The summed E-state index contributed by atoms with van der Waals surface area (Å²) >= 11 is 3.19. The minimum Gasteiger partial charge on any atom is -0.507 e. The monoisotopic (exact) mass is 396 g/mol. The van der Waals surface area contributed by atoms with Gasteiger partial charge in [0.05, 0.1) is 15.6 Å². The molecule has 0 radical (unpaired) electrons. The van der Waals surface area contributed by atoms with Crippen LogP contribution in [0, 0.1) is 20.8 Å². The Morgan fingerprint density at radius 3 is 2.30 bits per heavy atom. The highest BCUT2D eigenvalue weighted by Gasteiger charge is 2.19. The zero-order valence-electron chi connectivity index (χ0n) is 13.0. The molecule has 2 rings (SSSR count). The molecule has 2 aromatic rings. The molecule has 7 heteroatoms. The Kier molecular flexibility index (Phi) is 5.11. The lowest BCUT2D eigenvalue weighted by Gasteiger charge is -2.11. The molecule has 0 aliphatic heterocycles. The predicted octanol–water partition coefficient (Wildman–Crippen LogP) is 3.39. The van der Waals surface area contributed by atoms with Gasteiger partial charge in [-0.1, -0.05) is 17.7 Å². The molecule has 0 aromatic heterocycles. The number of phenols is 1. The van der Waals surface area contributed by atoms with Gasteiger partial charge in [0.25, 0.3) is 10.0 Å². The number of hydrazone groups is 1. The first-order chi connectivity index (χ1) is 10.7. The second-order valence-electron chi connectivity index (χ2n) is 5.29. The average Bonchev–Trinajstić information content (AvgIpc) is 2.41. The molecule has 0 aliphatic rings. The number of benzene rings is 2. The van der Waals surface area contributed by atoms with Crippen molar-refractivity contribution in [3.05, 3.63) is 57.1 Å². The average molecular weight is 397 g/mol. The van der Waals surface area contributed by atoms with Gasteiger partial charge in [-0.25, -0.2) is 4.83 Å². The van der Waals surface area contributed by atoms with E-state index in [1.807, 2.05) is 19.1 Å². The number of rotatable bonds is 4. The number of sulfonamides is 1. The van der Waals surface area contributed by atoms with Gasteiger partial charge in [0.2, 0.25) is 0 Å². The fourth-order valence-electron chi connectivity index (χ4n) is 2.41. The normalized spacial score (nSPS) is 11.8. The van der Waals surface area contributed by atoms with Crippen LogP contribution in [0.5, 0.6) is 5.75 Å². The molecule has 0 bridgehead atoms. The molecule has 2 aromatic carbocycles. The van der Waals surface area contributed by atoms with E-state index in [0.717, 1.165) is 5.56 Å². The molecule has 0 saturated heterocycles. The maximum Gasteiger partial charge on any atom is 0.277 e. The zero-order chi connectivity index (χ0) is 17.2. The number of aryl methyl sites for hydroxylation is 3. The van der Waals surface area contributed by atoms with Gasteiger partial charge in [-0.05, 0) is 71.6 Å². The molecular weight excluding hydrogens is 380 g/mol. The van der Waals surface area contributed by atoms with Crippen LogP contribution in [0.1, 0.15) is 22.3 Å². The summed E-state index contributed by atoms with van der Waals surface area (Å²) in [5.74, 6) is 0.105. The lowest BCUT2D eigenvalue weighted by Crippen LogP contribution is -2.20. The summed E-state index contributed by atoms with van der Waals surface area (Å²) in [7, 11) is -3.74. The highest BCUT2D eigenvalue weighted by atomic mass is 79.9. The fourth-order valence-corrected chi connectivity index (χ4v) is 4.05. The molecule has 23 heavy (non-hydrogen) atoms. The van der Waals surface area contributed by atoms with E-state index < -0.39 is 10.0 Å². The molecule has 0 saturated carbocycles. The minimum atomic E-state index is -3.74. The van der Waals surface area contributed by atoms with Crippen LogP contribution in [0.4, 0.5) is 0 Å². The van der Waals surface area contributed by atoms with E-state index in [4.69, 9.17) is 0 Å². The number of aromatic hydroxyl groups is 1. The molecule has 0 aliphatic carbocycles. The number of nitrogens with one attached hydrogen (secondary N) is 1. The van der Waals surface area contributed by atoms with E-state index in [2.05, 4.69) is 25.9 Å². The number of hydrogen-bond acceptors (Lipinski definition) is 4. The lowest BCUT2D eigenvalue weighted by molar-refractivity contribution is 0.472. The molecule has 0 atom stereocenters. The van der Waals surface area contributed by atoms with Crippen LogP contribution < -0.4 is 4.83 Å². The molecule has 5 nitrogen and oxygen atoms in total. The molecule has 2 N–H and O–H groups in total. The Balaban J connectivity index is 2.25. The third kappa shape index (κ3) is 4.11. The van der Waals surface area contributed by atoms with Gasteiger partial charge in [0.1, 0.15) is 5.75 Å². The third-order valence-corrected chi connectivity index (χ3v) is 5.39. The van der Waals surface area contributed by atoms with Crippen molar-refractivity contribution in [2.45, 2.75) is 25.7 Å². The summed E-state index contributed by atoms with van der Waals surface area (Å²) in [6, 6.07) is 8.40. The van der Waals surface area contributed by atoms with Crippen molar-refractivity contribution in [2.24, 2.45) is 5.10 Å². The van der Waals surface area contributed by atoms with Gasteiger partial charge in [0.15, 0.2) is 0 Å². The van der Waals surface area contributed by atoms with E-state index in [1.165, 1.54) is 12.3 Å². The van der Waals surface area contributed by atoms with Gasteiger partial charge in [-0.15, -0.1) is 0 Å². The first kappa shape index (κ1) is 17.5. The van der Waals surface area contributed by atoms with E-state index in [9.17, 15) is 13.5 Å². The topological polar surface area (TPSA) is 78.8 Å². The maximum absolute atomic E-state index is 12.4. The summed E-state index contributed by atoms with van der Waals surface area (Å²) in [4.78, 5) is 2.47. The van der Waals surface area contributed by atoms with Gasteiger partial charge in [-0.2, -0.15) is 13.5 Å². The first-order valence-electron chi connectivity index (χ1n) is 6.82. The van der Waals surface area contributed by atoms with E-state index in [-0.39, 0.29) is 10.6 Å². The smallest absolute Gasteiger partial charge is 0.277 e. The van der Waals surface area contributed by atoms with Gasteiger partial charge in [0, 0.05) is 0 Å². The maximum atomic E-state index is 12.4. The number of hydrogen-bond donors (Lipinski definition) is 2. The van der Waals surface area contributed by atoms with E-state index >= 15 is 0 Å². The first-order valence-corrected chi connectivity index (χ1v) is 9.09. The van der Waals surface area contributed by atoms with Gasteiger partial charge in [-0.3, -0.25) is 0 Å². The zero-order valence-corrected chi connectivity index (χ0v) is 15.4. The van der Waals surface area contributed by atoms with Crippen molar-refractivity contribution in [2.75, 3.05) is 0 Å². The van der Waals surface area contributed by atoms with Crippen molar-refractivity contribution < 1.29 is 13.5 Å². The third-order valence-electron chi connectivity index (χ3n) is 3.23. The summed E-state index contributed by atoms with van der Waals surface area (Å²) < 4.78 is 25.4. The van der Waals surface area contributed by atoms with Crippen LogP contribution in [-0.4, -0.2) is 19.7 Å². The van der Waals surface area contributed by atoms with E-state index in [0.29, 0.717) is 21.2 Å². The van der Waals surface area contributed by atoms with Crippen LogP contribution in [0.2, 0.25) is 0 Å². The molecule has 0 fully saturated rings. The van der Waals surface area contributed by atoms with Crippen LogP contribution in [0.3, 0.4) is 0 Å². The summed E-state index contributed by atoms with van der Waals surface area (Å²) in [5.41, 5.74) is 3.02. The Bertz CT molecular complexity index is 854. The SMILES string of the molecule is Cc1cc(C)c(S(=O)(=O)N/N=C/c2ccc(O)c(Br)c2)c(C)c1. The summed E-state index contributed by atoms with van der Waals surface area (Å²) in [6.07, 6.45) is 1.38. The van der Waals surface area contributed by atoms with Crippen molar-refractivity contribution in [1.82, 2.24) is 4.83 Å². The summed E-state index contributed by atoms with van der Waals surface area (Å²) in [5, 5.41) is 13.2. The minimum absolute atomic E-state index is 0.105. The van der Waals surface area contributed by atoms with Crippen molar-refractivity contribution in [3.8, 4) is 5.75 Å². The quantitative estimate of drug-likeness (QED) is 0.613. The highest BCUT2D eigenvalue weighted by molar-refractivity contribution is 9.10. The standard InChI is InChI=1S/C16H17BrN2O3S/c1-10-6-11(2)16(12(3)7-10)23(21,22)19-18-9-13-4-5-15(20)14(17)8-13/h4-9,19-20H,1-3H3/b18-9+. The number of phenolic OH excluding ortho intramolecular Hbond substituents is 1. The van der Waals surface area contributed by atoms with Crippen molar-refractivity contribution >= 4 is 32.2 Å². The Labute approximate surface area is 144 Å². The number of nitrogens with zero attached hydrogens (tertiary/aromatic N) is 1. The van der Waals surface area contributed by atoms with E-state index in [1.54, 1.807) is 26.0 Å². The Hall–Kier alpha value is -1.86. The highest BCUT2D eigenvalue weighted by Crippen LogP contribution is 2.24. The molecule has 0 heterocycles. The van der Waals surface area contributed by atoms with Gasteiger partial charge < -0.3 is 5.11 Å². The molecule has 0 unspecified atom stereocenters. The van der Waals surface area contributed by atoms with Crippen molar-refractivity contribution in [3.63, 3.8) is 0 Å². The number of halogens is 1. The van der Waals surface area contributed by atoms with Crippen LogP contribution in [0.15, 0.2) is 44.8 Å². The van der Waals surface area contributed by atoms with Crippen LogP contribution in [-0.2, 0) is 10.0 Å². The molecular formula is C16H17BrN2O3S. The fraction of sp³-hybridized carbons (Fsp3) is 0.188. The summed E-state index contributed by atoms with van der Waals surface area (Å²) in [6.45, 7) is 5.44. The second kappa shape index (κ2) is 6.72.